The zero-order valence-electron chi connectivity index (χ0n) is 11.2. The van der Waals surface area contributed by atoms with Crippen LogP contribution in [-0.2, 0) is 23.1 Å². The lowest BCUT2D eigenvalue weighted by molar-refractivity contribution is -0.142. The van der Waals surface area contributed by atoms with Crippen molar-refractivity contribution in [3.8, 4) is 0 Å². The third-order valence-electron chi connectivity index (χ3n) is 2.01. The summed E-state index contributed by atoms with van der Waals surface area (Å²) in [7, 11) is -4.01. The summed E-state index contributed by atoms with van der Waals surface area (Å²) in [5.41, 5.74) is 0. The summed E-state index contributed by atoms with van der Waals surface area (Å²) in [4.78, 5) is 20.2. The Balaban J connectivity index is 3.68. The first-order valence-electron chi connectivity index (χ1n) is 6.07. The van der Waals surface area contributed by atoms with Crippen LogP contribution in [0.5, 0.6) is 0 Å². The van der Waals surface area contributed by atoms with Crippen molar-refractivity contribution < 1.29 is 33.1 Å². The Labute approximate surface area is 112 Å². The van der Waals surface area contributed by atoms with Gasteiger partial charge in [-0.2, -0.15) is 0 Å². The first kappa shape index (κ1) is 18.1. The third kappa shape index (κ3) is 9.67. The Morgan fingerprint density at radius 1 is 1.21 bits per heavy atom. The van der Waals surface area contributed by atoms with Crippen LogP contribution < -0.4 is 0 Å². The molecule has 0 aliphatic carbocycles. The molecule has 0 aromatic heterocycles. The lowest BCUT2D eigenvalue weighted by Gasteiger charge is -2.11. The van der Waals surface area contributed by atoms with E-state index in [2.05, 4.69) is 13.8 Å². The molecule has 7 nitrogen and oxygen atoms in total. The van der Waals surface area contributed by atoms with Crippen LogP contribution in [0.25, 0.3) is 0 Å². The Bertz CT molecular complexity index is 340. The lowest BCUT2D eigenvalue weighted by Crippen LogP contribution is -2.10. The number of carbonyl (C=O) groups is 1. The quantitative estimate of drug-likeness (QED) is 0.210. The highest BCUT2D eigenvalue weighted by Crippen LogP contribution is 2.43. The van der Waals surface area contributed by atoms with Crippen molar-refractivity contribution in [2.24, 2.45) is 0 Å². The number of aliphatic hydroxyl groups excluding tert-OH is 1. The summed E-state index contributed by atoms with van der Waals surface area (Å²) >= 11 is 0. The molecule has 0 saturated heterocycles. The largest absolute Gasteiger partial charge is 0.502 e. The number of allylic oxidation sites excluding steroid dienone is 1. The normalized spacial score (nSPS) is 15.0. The van der Waals surface area contributed by atoms with Gasteiger partial charge in [0.25, 0.3) is 0 Å². The van der Waals surface area contributed by atoms with Crippen LogP contribution in [0.2, 0.25) is 0 Å². The molecule has 0 aliphatic rings. The van der Waals surface area contributed by atoms with Gasteiger partial charge in [-0.05, 0) is 19.4 Å². The zero-order valence-corrected chi connectivity index (χ0v) is 12.1. The summed E-state index contributed by atoms with van der Waals surface area (Å²) in [5, 5.41) is 8.98. The van der Waals surface area contributed by atoms with E-state index >= 15 is 0 Å². The summed E-state index contributed by atoms with van der Waals surface area (Å²) < 4.78 is 25.3. The summed E-state index contributed by atoms with van der Waals surface area (Å²) in [6.45, 7) is 3.49. The van der Waals surface area contributed by atoms with Crippen LogP contribution in [0.3, 0.4) is 0 Å². The Morgan fingerprint density at radius 3 is 2.32 bits per heavy atom. The molecule has 0 radical (unpaired) electrons. The molecular weight excluding hydrogens is 275 g/mol. The molecule has 0 heterocycles. The molecule has 1 atom stereocenters. The molecule has 112 valence electrons. The van der Waals surface area contributed by atoms with Crippen molar-refractivity contribution >= 4 is 13.8 Å². The van der Waals surface area contributed by atoms with Gasteiger partial charge in [0.15, 0.2) is 5.76 Å². The van der Waals surface area contributed by atoms with Crippen molar-refractivity contribution in [2.45, 2.75) is 33.1 Å². The van der Waals surface area contributed by atoms with Crippen LogP contribution in [0.15, 0.2) is 11.8 Å². The average Bonchev–Trinajstić information content (AvgIpc) is 2.37. The topological polar surface area (TPSA) is 102 Å². The van der Waals surface area contributed by atoms with Gasteiger partial charge in [-0.3, -0.25) is 9.05 Å². The fraction of sp³-hybridized carbons (Fsp3) is 0.727. The first-order valence-corrected chi connectivity index (χ1v) is 7.56. The van der Waals surface area contributed by atoms with Gasteiger partial charge in [0, 0.05) is 6.42 Å². The van der Waals surface area contributed by atoms with E-state index in [9.17, 15) is 14.3 Å². The molecule has 2 N–H and O–H groups in total. The molecule has 8 heteroatoms. The smallest absolute Gasteiger partial charge is 0.472 e. The number of hydrogen-bond acceptors (Lipinski definition) is 6. The molecule has 0 spiro atoms. The Morgan fingerprint density at radius 2 is 1.79 bits per heavy atom. The van der Waals surface area contributed by atoms with Crippen LogP contribution in [0, 0.1) is 0 Å². The van der Waals surface area contributed by atoms with Crippen LogP contribution in [0.4, 0.5) is 0 Å². The van der Waals surface area contributed by atoms with E-state index in [4.69, 9.17) is 5.11 Å². The zero-order chi connectivity index (χ0) is 14.7. The molecule has 0 aliphatic heterocycles. The molecular formula is C11H21O7P. The highest BCUT2D eigenvalue weighted by Gasteiger charge is 2.20. The molecule has 0 rings (SSSR count). The number of phosphoric acid groups is 1. The van der Waals surface area contributed by atoms with E-state index in [1.807, 2.05) is 6.92 Å². The Hall–Kier alpha value is -0.880. The van der Waals surface area contributed by atoms with Crippen LogP contribution in [-0.4, -0.2) is 35.8 Å². The fourth-order valence-corrected chi connectivity index (χ4v) is 1.75. The standard InChI is InChI=1S/C11H21O7P/c1-3-5-8-17-19(14,15)18-9-6-7-16-11(13)10(12)4-2/h4,12H,3,5-9H2,1-2H3,(H,14,15). The van der Waals surface area contributed by atoms with Gasteiger partial charge in [-0.1, -0.05) is 13.3 Å². The molecule has 0 bridgehead atoms. The molecule has 0 amide bonds. The van der Waals surface area contributed by atoms with Gasteiger partial charge < -0.3 is 14.7 Å². The maximum absolute atomic E-state index is 11.3. The number of esters is 1. The second-order valence-electron chi connectivity index (χ2n) is 3.65. The lowest BCUT2D eigenvalue weighted by atomic mass is 10.4. The second kappa shape index (κ2) is 9.97. The van der Waals surface area contributed by atoms with Crippen molar-refractivity contribution in [3.05, 3.63) is 11.8 Å². The fourth-order valence-electron chi connectivity index (χ4n) is 0.957. The van der Waals surface area contributed by atoms with Gasteiger partial charge in [-0.15, -0.1) is 0 Å². The number of phosphoric ester groups is 1. The maximum atomic E-state index is 11.3. The van der Waals surface area contributed by atoms with E-state index in [1.54, 1.807) is 0 Å². The predicted octanol–water partition coefficient (Wildman–Crippen LogP) is 2.32. The molecule has 0 aromatic rings. The van der Waals surface area contributed by atoms with Crippen LogP contribution >= 0.6 is 7.82 Å². The van der Waals surface area contributed by atoms with Crippen molar-refractivity contribution in [1.29, 1.82) is 0 Å². The van der Waals surface area contributed by atoms with Gasteiger partial charge >= 0.3 is 13.8 Å². The highest BCUT2D eigenvalue weighted by molar-refractivity contribution is 7.47. The minimum absolute atomic E-state index is 0.0221. The maximum Gasteiger partial charge on any atom is 0.472 e. The van der Waals surface area contributed by atoms with E-state index in [-0.39, 0.29) is 26.2 Å². The summed E-state index contributed by atoms with van der Waals surface area (Å²) in [6, 6.07) is 0. The van der Waals surface area contributed by atoms with E-state index in [0.717, 1.165) is 6.42 Å². The number of carbonyl (C=O) groups excluding carboxylic acids is 1. The van der Waals surface area contributed by atoms with E-state index in [1.165, 1.54) is 13.0 Å². The number of unbranched alkanes of at least 4 members (excludes halogenated alkanes) is 1. The predicted molar refractivity (Wildman–Crippen MR) is 68.6 cm³/mol. The highest BCUT2D eigenvalue weighted by atomic mass is 31.2. The minimum Gasteiger partial charge on any atom is -0.502 e. The average molecular weight is 296 g/mol. The summed E-state index contributed by atoms with van der Waals surface area (Å²) in [5.74, 6) is -1.31. The monoisotopic (exact) mass is 296 g/mol. The third-order valence-corrected chi connectivity index (χ3v) is 3.03. The number of rotatable bonds is 10. The van der Waals surface area contributed by atoms with Crippen molar-refractivity contribution in [2.75, 3.05) is 19.8 Å². The van der Waals surface area contributed by atoms with Crippen LogP contribution in [0.1, 0.15) is 33.1 Å². The Kier molecular flexibility index (Phi) is 9.51. The van der Waals surface area contributed by atoms with Crippen molar-refractivity contribution in [1.82, 2.24) is 0 Å². The molecule has 0 aromatic carbocycles. The van der Waals surface area contributed by atoms with E-state index < -0.39 is 19.6 Å². The second-order valence-corrected chi connectivity index (χ2v) is 5.11. The summed E-state index contributed by atoms with van der Waals surface area (Å²) in [6.07, 6.45) is 2.96. The number of hydrogen-bond donors (Lipinski definition) is 2. The number of ether oxygens (including phenoxy) is 1. The van der Waals surface area contributed by atoms with Gasteiger partial charge in [0.05, 0.1) is 19.8 Å². The molecule has 0 fully saturated rings. The SMILES string of the molecule is CC=C(O)C(=O)OCCCOP(=O)(O)OCCCC. The van der Waals surface area contributed by atoms with Gasteiger partial charge in [0.1, 0.15) is 0 Å². The molecule has 1 unspecified atom stereocenters. The first-order chi connectivity index (χ1) is 8.93. The van der Waals surface area contributed by atoms with Gasteiger partial charge in [-0.25, -0.2) is 9.36 Å². The minimum atomic E-state index is -4.01. The van der Waals surface area contributed by atoms with Gasteiger partial charge in [0.2, 0.25) is 0 Å². The number of aliphatic hydroxyl groups is 1. The van der Waals surface area contributed by atoms with E-state index in [0.29, 0.717) is 6.42 Å². The molecule has 19 heavy (non-hydrogen) atoms. The molecule has 0 saturated carbocycles. The van der Waals surface area contributed by atoms with Crippen molar-refractivity contribution in [3.63, 3.8) is 0 Å².